The van der Waals surface area contributed by atoms with E-state index in [1.54, 1.807) is 29.4 Å². The van der Waals surface area contributed by atoms with Crippen molar-refractivity contribution in [2.45, 2.75) is 63.3 Å². The second-order valence-electron chi connectivity index (χ2n) is 11.1. The van der Waals surface area contributed by atoms with E-state index in [4.69, 9.17) is 8.83 Å². The molecule has 2 amide bonds. The summed E-state index contributed by atoms with van der Waals surface area (Å²) >= 11 is 0. The number of aryl methyl sites for hydroxylation is 1. The maximum absolute atomic E-state index is 13.9. The summed E-state index contributed by atoms with van der Waals surface area (Å²) in [7, 11) is 0. The molecule has 0 spiro atoms. The summed E-state index contributed by atoms with van der Waals surface area (Å²) in [5, 5.41) is 17.7. The molecule has 4 heterocycles. The fourth-order valence-electron chi connectivity index (χ4n) is 5.99. The molecule has 2 saturated heterocycles. The second-order valence-corrected chi connectivity index (χ2v) is 11.1. The molecule has 2 aliphatic rings. The Morgan fingerprint density at radius 1 is 1.12 bits per heavy atom. The minimum Gasteiger partial charge on any atom is -0.446 e. The van der Waals surface area contributed by atoms with Gasteiger partial charge in [0.25, 0.3) is 11.8 Å². The van der Waals surface area contributed by atoms with E-state index in [2.05, 4.69) is 20.6 Å². The zero-order valence-corrected chi connectivity index (χ0v) is 23.5. The van der Waals surface area contributed by atoms with E-state index in [-0.39, 0.29) is 23.6 Å². The van der Waals surface area contributed by atoms with Gasteiger partial charge in [-0.25, -0.2) is 9.97 Å². The van der Waals surface area contributed by atoms with Crippen LogP contribution in [0.5, 0.6) is 0 Å². The highest BCUT2D eigenvalue weighted by atomic mass is 16.3. The molecular formula is C32H35N5O5. The molecule has 0 radical (unpaired) electrons. The average Bonchev–Trinajstić information content (AvgIpc) is 3.84. The van der Waals surface area contributed by atoms with Crippen LogP contribution in [0.1, 0.15) is 69.6 Å². The van der Waals surface area contributed by atoms with Crippen LogP contribution >= 0.6 is 0 Å². The maximum Gasteiger partial charge on any atom is 0.254 e. The minimum absolute atomic E-state index is 0.110. The zero-order valence-electron chi connectivity index (χ0n) is 23.5. The molecule has 2 aromatic carbocycles. The van der Waals surface area contributed by atoms with Gasteiger partial charge in [0, 0.05) is 29.3 Å². The molecule has 0 saturated carbocycles. The zero-order chi connectivity index (χ0) is 29.1. The Labute approximate surface area is 244 Å². The summed E-state index contributed by atoms with van der Waals surface area (Å²) in [6.45, 7) is 3.24. The Morgan fingerprint density at radius 3 is 2.67 bits per heavy atom. The van der Waals surface area contributed by atoms with Crippen molar-refractivity contribution in [3.63, 3.8) is 0 Å². The molecule has 2 aliphatic heterocycles. The summed E-state index contributed by atoms with van der Waals surface area (Å²) in [6.07, 6.45) is 7.60. The lowest BCUT2D eigenvalue weighted by molar-refractivity contribution is 0.0715. The van der Waals surface area contributed by atoms with Gasteiger partial charge < -0.3 is 29.5 Å². The largest absolute Gasteiger partial charge is 0.446 e. The normalized spacial score (nSPS) is 20.0. The number of hydrogen-bond donors (Lipinski definition) is 3. The fourth-order valence-corrected chi connectivity index (χ4v) is 5.99. The first-order valence-electron chi connectivity index (χ1n) is 14.5. The maximum atomic E-state index is 13.9. The van der Waals surface area contributed by atoms with Gasteiger partial charge in [-0.1, -0.05) is 30.3 Å². The van der Waals surface area contributed by atoms with Gasteiger partial charge in [0.15, 0.2) is 0 Å². The summed E-state index contributed by atoms with van der Waals surface area (Å²) in [6, 6.07) is 13.8. The van der Waals surface area contributed by atoms with Gasteiger partial charge in [-0.15, -0.1) is 0 Å². The first-order valence-corrected chi connectivity index (χ1v) is 14.5. The van der Waals surface area contributed by atoms with Gasteiger partial charge in [-0.05, 0) is 69.3 Å². The van der Waals surface area contributed by atoms with Gasteiger partial charge >= 0.3 is 0 Å². The van der Waals surface area contributed by atoms with E-state index in [0.717, 1.165) is 43.5 Å². The highest BCUT2D eigenvalue weighted by Crippen LogP contribution is 2.33. The van der Waals surface area contributed by atoms with Crippen LogP contribution in [-0.4, -0.2) is 63.1 Å². The Hall–Kier alpha value is -4.28. The Kier molecular flexibility index (Phi) is 8.16. The summed E-state index contributed by atoms with van der Waals surface area (Å²) in [5.41, 5.74) is 2.89. The molecular weight excluding hydrogens is 534 g/mol. The van der Waals surface area contributed by atoms with Crippen molar-refractivity contribution in [2.75, 3.05) is 13.1 Å². The van der Waals surface area contributed by atoms with E-state index in [1.807, 2.05) is 37.3 Å². The van der Waals surface area contributed by atoms with E-state index in [0.29, 0.717) is 35.9 Å². The van der Waals surface area contributed by atoms with Crippen molar-refractivity contribution in [1.82, 2.24) is 25.5 Å². The van der Waals surface area contributed by atoms with Gasteiger partial charge in [0.2, 0.25) is 11.8 Å². The molecule has 3 N–H and O–H groups in total. The number of aliphatic hydroxyl groups excluding tert-OH is 1. The van der Waals surface area contributed by atoms with Gasteiger partial charge in [-0.3, -0.25) is 9.59 Å². The molecule has 42 heavy (non-hydrogen) atoms. The number of benzene rings is 2. The third kappa shape index (κ3) is 6.00. The smallest absolute Gasteiger partial charge is 0.254 e. The van der Waals surface area contributed by atoms with Crippen LogP contribution in [0.3, 0.4) is 0 Å². The highest BCUT2D eigenvalue weighted by Gasteiger charge is 2.35. The molecule has 2 unspecified atom stereocenters. The number of amides is 2. The Bertz CT molecular complexity index is 1510. The van der Waals surface area contributed by atoms with E-state index < -0.39 is 18.1 Å². The highest BCUT2D eigenvalue weighted by molar-refractivity contribution is 6.01. The lowest BCUT2D eigenvalue weighted by Crippen LogP contribution is -2.52. The van der Waals surface area contributed by atoms with Crippen molar-refractivity contribution in [1.29, 1.82) is 0 Å². The molecule has 0 aliphatic carbocycles. The molecule has 4 atom stereocenters. The molecule has 10 nitrogen and oxygen atoms in total. The van der Waals surface area contributed by atoms with E-state index >= 15 is 0 Å². The van der Waals surface area contributed by atoms with E-state index in [1.165, 1.54) is 12.5 Å². The van der Waals surface area contributed by atoms with Crippen molar-refractivity contribution in [3.05, 3.63) is 95.5 Å². The number of nitrogens with one attached hydrogen (secondary N) is 2. The third-order valence-corrected chi connectivity index (χ3v) is 8.09. The summed E-state index contributed by atoms with van der Waals surface area (Å²) in [5.74, 6) is 0.193. The predicted molar refractivity (Wildman–Crippen MR) is 155 cm³/mol. The second kappa shape index (κ2) is 12.3. The van der Waals surface area contributed by atoms with Crippen LogP contribution in [0.15, 0.2) is 76.1 Å². The van der Waals surface area contributed by atoms with Crippen molar-refractivity contribution >= 4 is 11.8 Å². The lowest BCUT2D eigenvalue weighted by atomic mass is 9.95. The first kappa shape index (κ1) is 27.9. The Balaban J connectivity index is 1.30. The molecule has 0 bridgehead atoms. The number of likely N-dealkylation sites (tertiary alicyclic amines) is 1. The predicted octanol–water partition coefficient (Wildman–Crippen LogP) is 4.07. The lowest BCUT2D eigenvalue weighted by Gasteiger charge is -2.29. The monoisotopic (exact) mass is 569 g/mol. The van der Waals surface area contributed by atoms with Crippen LogP contribution in [0, 0.1) is 6.92 Å². The summed E-state index contributed by atoms with van der Waals surface area (Å²) in [4.78, 5) is 38.2. The minimum atomic E-state index is -0.790. The van der Waals surface area contributed by atoms with Crippen LogP contribution < -0.4 is 10.6 Å². The number of aromatic nitrogens is 2. The fraction of sp³-hybridized carbons (Fsp3) is 0.375. The molecule has 2 aromatic heterocycles. The van der Waals surface area contributed by atoms with Crippen LogP contribution in [-0.2, 0) is 6.42 Å². The molecule has 6 rings (SSSR count). The van der Waals surface area contributed by atoms with Crippen LogP contribution in [0.2, 0.25) is 0 Å². The van der Waals surface area contributed by atoms with E-state index in [9.17, 15) is 14.7 Å². The number of hydrogen-bond acceptors (Lipinski definition) is 8. The molecule has 10 heteroatoms. The first-order chi connectivity index (χ1) is 20.5. The van der Waals surface area contributed by atoms with Gasteiger partial charge in [-0.2, -0.15) is 0 Å². The number of aliphatic hydroxyl groups is 1. The quantitative estimate of drug-likeness (QED) is 0.275. The number of oxazole rings is 2. The number of carbonyl (C=O) groups is 2. The summed E-state index contributed by atoms with van der Waals surface area (Å²) < 4.78 is 11.2. The van der Waals surface area contributed by atoms with Crippen molar-refractivity contribution in [3.8, 4) is 11.5 Å². The number of rotatable bonds is 9. The van der Waals surface area contributed by atoms with Crippen molar-refractivity contribution in [2.24, 2.45) is 0 Å². The topological polar surface area (TPSA) is 134 Å². The molecule has 4 aromatic rings. The average molecular weight is 570 g/mol. The van der Waals surface area contributed by atoms with Crippen LogP contribution in [0.4, 0.5) is 0 Å². The molecule has 2 fully saturated rings. The molecule has 218 valence electrons. The number of nitrogens with zero attached hydrogens (tertiary/aromatic N) is 3. The van der Waals surface area contributed by atoms with Gasteiger partial charge in [0.05, 0.1) is 24.0 Å². The van der Waals surface area contributed by atoms with Gasteiger partial charge in [0.1, 0.15) is 18.6 Å². The Morgan fingerprint density at radius 2 is 1.95 bits per heavy atom. The van der Waals surface area contributed by atoms with Crippen molar-refractivity contribution < 1.29 is 23.5 Å². The third-order valence-electron chi connectivity index (χ3n) is 8.09. The SMILES string of the molecule is Cc1coc(C2CCCN2C(=O)c2cc(C(=O)N[C@@H](Cc3ccccc3)[C@H](O)C3CCCN3)cc(-c3ncco3)c2)n1. The standard InChI is InChI=1S/C32H35N5O5/c1-20-19-42-31(35-20)27-10-6-13-37(27)32(40)24-17-22(16-23(18-24)30-34-12-14-41-30)29(39)36-26(15-21-7-3-2-4-8-21)28(38)25-9-5-11-33-25/h2-4,7-8,12,14,16-19,25-28,33,38H,5-6,9-11,13,15H2,1H3,(H,36,39)/t25?,26-,27?,28+/m0/s1. The van der Waals surface area contributed by atoms with Crippen LogP contribution in [0.25, 0.3) is 11.5 Å². The number of carbonyl (C=O) groups excluding carboxylic acids is 2.